The van der Waals surface area contributed by atoms with E-state index < -0.39 is 0 Å². The fraction of sp³-hybridized carbons (Fsp3) is 0.227. The Kier molecular flexibility index (Phi) is 4.59. The first-order valence-electron chi connectivity index (χ1n) is 9.14. The number of benzene rings is 2. The van der Waals surface area contributed by atoms with Crippen molar-refractivity contribution in [2.75, 3.05) is 16.8 Å². The van der Waals surface area contributed by atoms with Crippen LogP contribution in [0.2, 0.25) is 0 Å². The second-order valence-electron chi connectivity index (χ2n) is 6.92. The average Bonchev–Trinajstić information content (AvgIpc) is 2.69. The summed E-state index contributed by atoms with van der Waals surface area (Å²) in [5.74, 6) is 1.18. The molecule has 1 amide bonds. The Morgan fingerprint density at radius 1 is 1.00 bits per heavy atom. The van der Waals surface area contributed by atoms with E-state index in [-0.39, 0.29) is 5.91 Å². The second-order valence-corrected chi connectivity index (χ2v) is 6.92. The van der Waals surface area contributed by atoms with E-state index in [0.717, 1.165) is 36.6 Å². The summed E-state index contributed by atoms with van der Waals surface area (Å²) >= 11 is 0. The number of aryl methyl sites for hydroxylation is 2. The third kappa shape index (κ3) is 3.82. The first-order chi connectivity index (χ1) is 13.1. The summed E-state index contributed by atoms with van der Waals surface area (Å²) in [5, 5.41) is 2.91. The van der Waals surface area contributed by atoms with Gasteiger partial charge in [0.1, 0.15) is 17.3 Å². The maximum atomic E-state index is 12.7. The quantitative estimate of drug-likeness (QED) is 0.771. The molecular weight excluding hydrogens is 336 g/mol. The molecule has 5 nitrogen and oxygen atoms in total. The Morgan fingerprint density at radius 3 is 2.52 bits per heavy atom. The van der Waals surface area contributed by atoms with Gasteiger partial charge in [-0.3, -0.25) is 4.79 Å². The van der Waals surface area contributed by atoms with Crippen molar-refractivity contribution in [2.24, 2.45) is 0 Å². The Morgan fingerprint density at radius 2 is 1.74 bits per heavy atom. The normalized spacial score (nSPS) is 13.2. The molecule has 0 saturated carbocycles. The smallest absolute Gasteiger partial charge is 0.274 e. The molecule has 136 valence electrons. The second kappa shape index (κ2) is 7.19. The van der Waals surface area contributed by atoms with E-state index in [9.17, 15) is 4.79 Å². The molecule has 0 bridgehead atoms. The highest BCUT2D eigenvalue weighted by Gasteiger charge is 2.19. The zero-order valence-corrected chi connectivity index (χ0v) is 15.6. The molecule has 2 aromatic carbocycles. The lowest BCUT2D eigenvalue weighted by Crippen LogP contribution is -2.31. The maximum absolute atomic E-state index is 12.7. The predicted octanol–water partition coefficient (Wildman–Crippen LogP) is 3.91. The maximum Gasteiger partial charge on any atom is 0.274 e. The van der Waals surface area contributed by atoms with Crippen LogP contribution in [0.25, 0.3) is 0 Å². The SMILES string of the molecule is Cc1ccc(NC(=O)c2cc(N3CCc4ccccc4C3)nc(C)n2)cc1. The fourth-order valence-electron chi connectivity index (χ4n) is 3.35. The van der Waals surface area contributed by atoms with Gasteiger partial charge in [0.25, 0.3) is 5.91 Å². The number of nitrogens with one attached hydrogen (secondary N) is 1. The zero-order valence-electron chi connectivity index (χ0n) is 15.6. The molecule has 1 N–H and O–H groups in total. The molecule has 0 fully saturated rings. The average molecular weight is 358 g/mol. The lowest BCUT2D eigenvalue weighted by molar-refractivity contribution is 0.102. The summed E-state index contributed by atoms with van der Waals surface area (Å²) in [7, 11) is 0. The Labute approximate surface area is 159 Å². The van der Waals surface area contributed by atoms with Gasteiger partial charge in [0.05, 0.1) is 0 Å². The van der Waals surface area contributed by atoms with Crippen LogP contribution in [0.4, 0.5) is 11.5 Å². The van der Waals surface area contributed by atoms with Crippen molar-refractivity contribution in [2.45, 2.75) is 26.8 Å². The van der Waals surface area contributed by atoms with Crippen LogP contribution in [0, 0.1) is 13.8 Å². The van der Waals surface area contributed by atoms with E-state index >= 15 is 0 Å². The van der Waals surface area contributed by atoms with Crippen LogP contribution in [0.5, 0.6) is 0 Å². The third-order valence-electron chi connectivity index (χ3n) is 4.82. The number of rotatable bonds is 3. The predicted molar refractivity (Wildman–Crippen MR) is 107 cm³/mol. The van der Waals surface area contributed by atoms with E-state index in [4.69, 9.17) is 0 Å². The van der Waals surface area contributed by atoms with Gasteiger partial charge in [-0.25, -0.2) is 9.97 Å². The molecule has 0 radical (unpaired) electrons. The van der Waals surface area contributed by atoms with Crippen LogP contribution in [-0.4, -0.2) is 22.4 Å². The van der Waals surface area contributed by atoms with E-state index in [1.54, 1.807) is 6.07 Å². The largest absolute Gasteiger partial charge is 0.352 e. The third-order valence-corrected chi connectivity index (χ3v) is 4.82. The van der Waals surface area contributed by atoms with Crippen LogP contribution in [0.3, 0.4) is 0 Å². The number of hydrogen-bond acceptors (Lipinski definition) is 4. The van der Waals surface area contributed by atoms with Crippen molar-refractivity contribution in [3.8, 4) is 0 Å². The molecule has 3 aromatic rings. The zero-order chi connectivity index (χ0) is 18.8. The van der Waals surface area contributed by atoms with Gasteiger partial charge in [-0.05, 0) is 43.5 Å². The fourth-order valence-corrected chi connectivity index (χ4v) is 3.35. The van der Waals surface area contributed by atoms with Crippen molar-refractivity contribution >= 4 is 17.4 Å². The van der Waals surface area contributed by atoms with Gasteiger partial charge in [-0.1, -0.05) is 42.0 Å². The van der Waals surface area contributed by atoms with Crippen LogP contribution in [0.1, 0.15) is 33.0 Å². The van der Waals surface area contributed by atoms with Crippen LogP contribution in [0.15, 0.2) is 54.6 Å². The summed E-state index contributed by atoms with van der Waals surface area (Å²) in [4.78, 5) is 23.8. The lowest BCUT2D eigenvalue weighted by Gasteiger charge is -2.30. The Hall–Kier alpha value is -3.21. The molecule has 1 aliphatic heterocycles. The summed E-state index contributed by atoms with van der Waals surface area (Å²) in [6.07, 6.45) is 0.976. The summed E-state index contributed by atoms with van der Waals surface area (Å²) in [6, 6.07) is 18.0. The van der Waals surface area contributed by atoms with Gasteiger partial charge < -0.3 is 10.2 Å². The summed E-state index contributed by atoms with van der Waals surface area (Å²) in [6.45, 7) is 5.52. The van der Waals surface area contributed by atoms with Crippen molar-refractivity contribution in [1.29, 1.82) is 0 Å². The van der Waals surface area contributed by atoms with Crippen molar-refractivity contribution in [1.82, 2.24) is 9.97 Å². The summed E-state index contributed by atoms with van der Waals surface area (Å²) < 4.78 is 0. The molecule has 0 saturated heterocycles. The van der Waals surface area contributed by atoms with Gasteiger partial charge in [0.2, 0.25) is 0 Å². The van der Waals surface area contributed by atoms with Gasteiger partial charge in [0.15, 0.2) is 0 Å². The minimum Gasteiger partial charge on any atom is -0.352 e. The minimum absolute atomic E-state index is 0.219. The van der Waals surface area contributed by atoms with Crippen LogP contribution in [-0.2, 0) is 13.0 Å². The first-order valence-corrected chi connectivity index (χ1v) is 9.14. The Bertz CT molecular complexity index is 982. The number of fused-ring (bicyclic) bond motifs is 1. The molecule has 27 heavy (non-hydrogen) atoms. The van der Waals surface area contributed by atoms with E-state index in [1.807, 2.05) is 38.1 Å². The minimum atomic E-state index is -0.219. The number of carbonyl (C=O) groups excluding carboxylic acids is 1. The van der Waals surface area contributed by atoms with Crippen LogP contribution >= 0.6 is 0 Å². The molecule has 1 aliphatic rings. The highest BCUT2D eigenvalue weighted by molar-refractivity contribution is 6.03. The number of amides is 1. The number of anilines is 2. The molecule has 0 unspecified atom stereocenters. The topological polar surface area (TPSA) is 58.1 Å². The van der Waals surface area contributed by atoms with Crippen LogP contribution < -0.4 is 10.2 Å². The summed E-state index contributed by atoms with van der Waals surface area (Å²) in [5.41, 5.74) is 4.99. The van der Waals surface area contributed by atoms with Crippen molar-refractivity contribution in [3.63, 3.8) is 0 Å². The molecule has 0 spiro atoms. The van der Waals surface area contributed by atoms with Crippen molar-refractivity contribution in [3.05, 3.63) is 82.8 Å². The molecule has 1 aromatic heterocycles. The highest BCUT2D eigenvalue weighted by atomic mass is 16.1. The van der Waals surface area contributed by atoms with Crippen molar-refractivity contribution < 1.29 is 4.79 Å². The number of hydrogen-bond donors (Lipinski definition) is 1. The lowest BCUT2D eigenvalue weighted by atomic mass is 10.00. The first kappa shape index (κ1) is 17.2. The number of carbonyl (C=O) groups is 1. The van der Waals surface area contributed by atoms with Gasteiger partial charge >= 0.3 is 0 Å². The highest BCUT2D eigenvalue weighted by Crippen LogP contribution is 2.23. The van der Waals surface area contributed by atoms with E-state index in [0.29, 0.717) is 11.5 Å². The molecule has 0 atom stereocenters. The molecule has 0 aliphatic carbocycles. The van der Waals surface area contributed by atoms with E-state index in [2.05, 4.69) is 44.5 Å². The van der Waals surface area contributed by atoms with Gasteiger partial charge in [-0.2, -0.15) is 0 Å². The standard InChI is InChI=1S/C22H22N4O/c1-15-7-9-19(10-8-15)25-22(27)20-13-21(24-16(2)23-20)26-12-11-17-5-3-4-6-18(17)14-26/h3-10,13H,11-12,14H2,1-2H3,(H,25,27). The Balaban J connectivity index is 1.56. The van der Waals surface area contributed by atoms with Gasteiger partial charge in [0, 0.05) is 24.8 Å². The van der Waals surface area contributed by atoms with E-state index in [1.165, 1.54) is 11.1 Å². The molecular formula is C22H22N4O. The number of aromatic nitrogens is 2. The molecule has 2 heterocycles. The molecule has 5 heteroatoms. The van der Waals surface area contributed by atoms with Gasteiger partial charge in [-0.15, -0.1) is 0 Å². The number of nitrogens with zero attached hydrogens (tertiary/aromatic N) is 3. The molecule has 4 rings (SSSR count). The monoisotopic (exact) mass is 358 g/mol.